The molecule has 260 valence electrons. The van der Waals surface area contributed by atoms with Crippen molar-refractivity contribution >= 4 is 40.6 Å². The van der Waals surface area contributed by atoms with Crippen molar-refractivity contribution in [3.05, 3.63) is 53.3 Å². The first-order chi connectivity index (χ1) is 22.3. The van der Waals surface area contributed by atoms with Crippen LogP contribution in [0.1, 0.15) is 58.8 Å². The van der Waals surface area contributed by atoms with E-state index in [9.17, 15) is 19.5 Å². The number of hydrogen-bond acceptors (Lipinski definition) is 11. The van der Waals surface area contributed by atoms with Gasteiger partial charge in [-0.3, -0.25) is 19.3 Å². The maximum absolute atomic E-state index is 14.0. The third-order valence-electron chi connectivity index (χ3n) is 8.87. The van der Waals surface area contributed by atoms with Gasteiger partial charge < -0.3 is 31.3 Å². The van der Waals surface area contributed by atoms with Gasteiger partial charge in [-0.05, 0) is 36.5 Å². The first-order valence-corrected chi connectivity index (χ1v) is 16.8. The van der Waals surface area contributed by atoms with E-state index in [1.165, 1.54) is 4.90 Å². The van der Waals surface area contributed by atoms with Crippen LogP contribution in [0, 0.1) is 12.3 Å². The highest BCUT2D eigenvalue weighted by Crippen LogP contribution is 2.30. The number of anilines is 2. The minimum Gasteiger partial charge on any atom is -0.391 e. The molecule has 2 aliphatic heterocycles. The number of rotatable bonds is 9. The number of aryl methyl sites for hydroxylation is 1. The number of nitrogens with zero attached hydrogens (tertiary/aromatic N) is 6. The maximum atomic E-state index is 14.0. The van der Waals surface area contributed by atoms with Crippen molar-refractivity contribution in [2.75, 3.05) is 49.9 Å². The van der Waals surface area contributed by atoms with Crippen molar-refractivity contribution in [3.8, 4) is 10.4 Å². The number of β-amino-alcohol motifs (C(OH)–C–C–N with tert-alkyl or cyclic N) is 1. The summed E-state index contributed by atoms with van der Waals surface area (Å²) in [6.45, 7) is 12.3. The number of nitrogens with two attached hydrogens (primary N) is 1. The fraction of sp³-hybridized carbons (Fsp3) is 0.529. The van der Waals surface area contributed by atoms with Crippen LogP contribution >= 0.6 is 11.3 Å². The van der Waals surface area contributed by atoms with Crippen LogP contribution in [0.3, 0.4) is 0 Å². The molecule has 48 heavy (non-hydrogen) atoms. The zero-order valence-electron chi connectivity index (χ0n) is 27.6. The SMILES string of the molecule is C.Cc1ncsc1-c1ccc([C@H](C)NC(=O)[C@@H]2C[C@@H](O)CN2C(=O)[C@@H](NC(=O)CN2CCN(c3ccnnc3N)CC2)C(C)(C)C)cc1. The molecule has 14 heteroatoms. The Morgan fingerprint density at radius 1 is 1.08 bits per heavy atom. The first-order valence-electron chi connectivity index (χ1n) is 15.9. The van der Waals surface area contributed by atoms with Crippen LogP contribution in [0.5, 0.6) is 0 Å². The first kappa shape index (κ1) is 36.7. The highest BCUT2D eigenvalue weighted by Gasteiger charge is 2.44. The number of likely N-dealkylation sites (tertiary alicyclic amines) is 1. The number of aliphatic hydroxyl groups excluding tert-OH is 1. The summed E-state index contributed by atoms with van der Waals surface area (Å²) in [6, 6.07) is 7.74. The van der Waals surface area contributed by atoms with E-state index in [1.807, 2.05) is 75.4 Å². The van der Waals surface area contributed by atoms with Crippen LogP contribution in [-0.2, 0) is 14.4 Å². The number of aromatic nitrogens is 3. The second kappa shape index (κ2) is 15.4. The molecule has 0 unspecified atom stereocenters. The number of carbonyl (C=O) groups excluding carboxylic acids is 3. The monoisotopic (exact) mass is 679 g/mol. The van der Waals surface area contributed by atoms with Crippen LogP contribution < -0.4 is 21.3 Å². The average Bonchev–Trinajstić information content (AvgIpc) is 3.65. The van der Waals surface area contributed by atoms with Gasteiger partial charge in [0.25, 0.3) is 0 Å². The lowest BCUT2D eigenvalue weighted by atomic mass is 9.85. The van der Waals surface area contributed by atoms with Crippen LogP contribution in [-0.4, -0.2) is 105 Å². The summed E-state index contributed by atoms with van der Waals surface area (Å²) >= 11 is 1.58. The summed E-state index contributed by atoms with van der Waals surface area (Å²) in [6.07, 6.45) is 0.887. The van der Waals surface area contributed by atoms with Crippen molar-refractivity contribution < 1.29 is 19.5 Å². The zero-order chi connectivity index (χ0) is 33.9. The molecule has 0 saturated carbocycles. The minimum absolute atomic E-state index is 0. The fourth-order valence-electron chi connectivity index (χ4n) is 6.18. The molecule has 1 aromatic carbocycles. The standard InChI is InChI=1S/C33H45N9O4S.CH4/c1-20(22-6-8-23(9-7-22)28-21(2)35-19-47-28)37-31(45)26-16-24(43)17-42(26)32(46)29(33(3,4)5)38-27(44)18-40-12-14-41(15-13-40)25-10-11-36-39-30(25)34;/h6-11,19-20,24,26,29,43H,12-18H2,1-5H3,(H2,34,39)(H,37,45)(H,38,44);1H4/t20-,24+,26-,29+;/m0./s1. The Hall–Kier alpha value is -4.14. The molecular weight excluding hydrogens is 630 g/mol. The molecule has 4 heterocycles. The summed E-state index contributed by atoms with van der Waals surface area (Å²) in [4.78, 5) is 51.9. The fourth-order valence-corrected chi connectivity index (χ4v) is 6.99. The third kappa shape index (κ3) is 8.47. The molecule has 0 aliphatic carbocycles. The Labute approximate surface area is 286 Å². The van der Waals surface area contributed by atoms with Gasteiger partial charge in [0, 0.05) is 39.1 Å². The molecule has 2 aliphatic rings. The summed E-state index contributed by atoms with van der Waals surface area (Å²) in [5.74, 6) is -0.630. The number of nitrogens with one attached hydrogen (secondary N) is 2. The highest BCUT2D eigenvalue weighted by atomic mass is 32.1. The predicted octanol–water partition coefficient (Wildman–Crippen LogP) is 2.62. The van der Waals surface area contributed by atoms with E-state index in [0.717, 1.165) is 27.4 Å². The number of amides is 3. The van der Waals surface area contributed by atoms with E-state index < -0.39 is 23.6 Å². The lowest BCUT2D eigenvalue weighted by molar-refractivity contribution is -0.144. The Morgan fingerprint density at radius 2 is 1.77 bits per heavy atom. The molecule has 0 radical (unpaired) electrons. The van der Waals surface area contributed by atoms with Gasteiger partial charge in [-0.2, -0.15) is 5.10 Å². The largest absolute Gasteiger partial charge is 0.391 e. The molecule has 3 amide bonds. The van der Waals surface area contributed by atoms with E-state index >= 15 is 0 Å². The lowest BCUT2D eigenvalue weighted by Gasteiger charge is -2.37. The van der Waals surface area contributed by atoms with Gasteiger partial charge >= 0.3 is 0 Å². The number of benzene rings is 1. The van der Waals surface area contributed by atoms with Crippen molar-refractivity contribution in [2.45, 2.75) is 72.7 Å². The number of aliphatic hydroxyl groups is 1. The van der Waals surface area contributed by atoms with Crippen LogP contribution in [0.25, 0.3) is 10.4 Å². The van der Waals surface area contributed by atoms with Gasteiger partial charge in [0.2, 0.25) is 17.7 Å². The topological polar surface area (TPSA) is 170 Å². The van der Waals surface area contributed by atoms with E-state index in [-0.39, 0.29) is 50.7 Å². The number of thiazole rings is 1. The Bertz CT molecular complexity index is 1570. The normalized spacial score (nSPS) is 19.7. The second-order valence-corrected chi connectivity index (χ2v) is 14.3. The summed E-state index contributed by atoms with van der Waals surface area (Å²) in [5, 5.41) is 24.3. The zero-order valence-corrected chi connectivity index (χ0v) is 28.5. The van der Waals surface area contributed by atoms with Gasteiger partial charge in [0.05, 0.1) is 46.7 Å². The number of piperazine rings is 1. The maximum Gasteiger partial charge on any atom is 0.246 e. The molecule has 13 nitrogen and oxygen atoms in total. The van der Waals surface area contributed by atoms with E-state index in [1.54, 1.807) is 17.5 Å². The van der Waals surface area contributed by atoms with Crippen molar-refractivity contribution in [1.82, 2.24) is 35.6 Å². The van der Waals surface area contributed by atoms with Gasteiger partial charge in [-0.25, -0.2) is 4.98 Å². The van der Waals surface area contributed by atoms with Gasteiger partial charge in [0.15, 0.2) is 5.82 Å². The van der Waals surface area contributed by atoms with Crippen LogP contribution in [0.2, 0.25) is 0 Å². The quantitative estimate of drug-likeness (QED) is 0.264. The van der Waals surface area contributed by atoms with Crippen LogP contribution in [0.15, 0.2) is 42.0 Å². The Balaban J connectivity index is 0.00000520. The molecule has 2 aromatic heterocycles. The highest BCUT2D eigenvalue weighted by molar-refractivity contribution is 7.13. The molecular formula is C34H49N9O4S. The predicted molar refractivity (Wildman–Crippen MR) is 188 cm³/mol. The number of hydrogen-bond donors (Lipinski definition) is 4. The van der Waals surface area contributed by atoms with E-state index in [4.69, 9.17) is 5.73 Å². The number of carbonyl (C=O) groups is 3. The van der Waals surface area contributed by atoms with Gasteiger partial charge in [0.1, 0.15) is 12.1 Å². The van der Waals surface area contributed by atoms with Crippen molar-refractivity contribution in [3.63, 3.8) is 0 Å². The third-order valence-corrected chi connectivity index (χ3v) is 9.84. The molecule has 2 fully saturated rings. The summed E-state index contributed by atoms with van der Waals surface area (Å²) in [5.41, 5.74) is 10.9. The molecule has 2 saturated heterocycles. The molecule has 0 spiro atoms. The summed E-state index contributed by atoms with van der Waals surface area (Å²) < 4.78 is 0. The molecule has 5 rings (SSSR count). The van der Waals surface area contributed by atoms with E-state index in [0.29, 0.717) is 32.0 Å². The molecule has 4 atom stereocenters. The van der Waals surface area contributed by atoms with Crippen LogP contribution in [0.4, 0.5) is 11.5 Å². The minimum atomic E-state index is -0.889. The lowest BCUT2D eigenvalue weighted by Crippen LogP contribution is -2.59. The Morgan fingerprint density at radius 3 is 2.38 bits per heavy atom. The average molecular weight is 680 g/mol. The smallest absolute Gasteiger partial charge is 0.246 e. The van der Waals surface area contributed by atoms with E-state index in [2.05, 4.69) is 30.7 Å². The van der Waals surface area contributed by atoms with Gasteiger partial charge in [-0.1, -0.05) is 52.5 Å². The number of nitrogen functional groups attached to an aromatic ring is 1. The Kier molecular flexibility index (Phi) is 11.8. The second-order valence-electron chi connectivity index (χ2n) is 13.4. The van der Waals surface area contributed by atoms with Gasteiger partial charge in [-0.15, -0.1) is 16.4 Å². The molecule has 0 bridgehead atoms. The van der Waals surface area contributed by atoms with Crippen molar-refractivity contribution in [2.24, 2.45) is 5.41 Å². The molecule has 5 N–H and O–H groups in total. The van der Waals surface area contributed by atoms with Crippen molar-refractivity contribution in [1.29, 1.82) is 0 Å². The summed E-state index contributed by atoms with van der Waals surface area (Å²) in [7, 11) is 0. The molecule has 3 aromatic rings.